The molecule has 5 nitrogen and oxygen atoms in total. The monoisotopic (exact) mass is 364 g/mol. The molecule has 1 aromatic carbocycles. The average molecular weight is 364 g/mol. The summed E-state index contributed by atoms with van der Waals surface area (Å²) in [6, 6.07) is 5.44. The Hall–Kier alpha value is -2.28. The number of ether oxygens (including phenoxy) is 1. The van der Waals surface area contributed by atoms with Gasteiger partial charge < -0.3 is 9.64 Å². The molecular formula is C18H21FN2O3S. The molecular weight excluding hydrogens is 343 g/mol. The van der Waals surface area contributed by atoms with Gasteiger partial charge in [0, 0.05) is 16.5 Å². The molecule has 2 aromatic rings. The number of benzene rings is 1. The molecule has 0 aliphatic rings. The van der Waals surface area contributed by atoms with Crippen LogP contribution >= 0.6 is 11.3 Å². The van der Waals surface area contributed by atoms with Crippen LogP contribution in [0.3, 0.4) is 0 Å². The number of hydrogen-bond donors (Lipinski definition) is 0. The highest BCUT2D eigenvalue weighted by atomic mass is 32.1. The fourth-order valence-corrected chi connectivity index (χ4v) is 2.93. The van der Waals surface area contributed by atoms with Crippen molar-refractivity contribution in [1.29, 1.82) is 0 Å². The average Bonchev–Trinajstić information content (AvgIpc) is 3.01. The number of rotatable bonds is 5. The molecule has 1 amide bonds. The standard InChI is InChI=1S/C18H21FN2O3S/c1-5-24-17(23)14-11-25-15(20-14)10-21(18(2,3)4)16(22)12-6-8-13(19)9-7-12/h6-9,11H,5,10H2,1-4H3. The number of carbonyl (C=O) groups is 2. The lowest BCUT2D eigenvalue weighted by molar-refractivity contribution is 0.0520. The number of esters is 1. The van der Waals surface area contributed by atoms with Crippen molar-refractivity contribution < 1.29 is 18.7 Å². The van der Waals surface area contributed by atoms with Crippen LogP contribution in [-0.4, -0.2) is 33.9 Å². The van der Waals surface area contributed by atoms with Gasteiger partial charge in [-0.1, -0.05) is 0 Å². The summed E-state index contributed by atoms with van der Waals surface area (Å²) in [5, 5.41) is 2.25. The minimum atomic E-state index is -0.475. The van der Waals surface area contributed by atoms with E-state index in [2.05, 4.69) is 4.98 Å². The maximum atomic E-state index is 13.1. The van der Waals surface area contributed by atoms with Gasteiger partial charge in [0.15, 0.2) is 5.69 Å². The topological polar surface area (TPSA) is 59.5 Å². The summed E-state index contributed by atoms with van der Waals surface area (Å²) in [6.45, 7) is 8.00. The summed E-state index contributed by atoms with van der Waals surface area (Å²) in [7, 11) is 0. The fraction of sp³-hybridized carbons (Fsp3) is 0.389. The van der Waals surface area contributed by atoms with Crippen LogP contribution in [0.25, 0.3) is 0 Å². The zero-order valence-electron chi connectivity index (χ0n) is 14.7. The van der Waals surface area contributed by atoms with E-state index in [9.17, 15) is 14.0 Å². The van der Waals surface area contributed by atoms with E-state index in [0.29, 0.717) is 10.6 Å². The lowest BCUT2D eigenvalue weighted by Gasteiger charge is -2.35. The molecule has 1 aromatic heterocycles. The van der Waals surface area contributed by atoms with Crippen LogP contribution in [0.15, 0.2) is 29.6 Å². The predicted molar refractivity (Wildman–Crippen MR) is 94.1 cm³/mol. The van der Waals surface area contributed by atoms with Crippen LogP contribution in [0.1, 0.15) is 53.5 Å². The van der Waals surface area contributed by atoms with Gasteiger partial charge in [0.05, 0.1) is 13.2 Å². The largest absolute Gasteiger partial charge is 0.461 e. The summed E-state index contributed by atoms with van der Waals surface area (Å²) in [5.41, 5.74) is 0.171. The quantitative estimate of drug-likeness (QED) is 0.755. The second kappa shape index (κ2) is 7.74. The summed E-state index contributed by atoms with van der Waals surface area (Å²) in [6.07, 6.45) is 0. The molecule has 0 N–H and O–H groups in total. The molecule has 0 unspecified atom stereocenters. The Kier molecular flexibility index (Phi) is 5.89. The van der Waals surface area contributed by atoms with E-state index >= 15 is 0 Å². The van der Waals surface area contributed by atoms with Crippen molar-refractivity contribution in [3.8, 4) is 0 Å². The van der Waals surface area contributed by atoms with E-state index < -0.39 is 17.3 Å². The van der Waals surface area contributed by atoms with Crippen LogP contribution in [0.2, 0.25) is 0 Å². The number of amides is 1. The van der Waals surface area contributed by atoms with Gasteiger partial charge in [0.25, 0.3) is 5.91 Å². The van der Waals surface area contributed by atoms with Crippen molar-refractivity contribution in [2.45, 2.75) is 39.8 Å². The van der Waals surface area contributed by atoms with Crippen molar-refractivity contribution >= 4 is 23.2 Å². The SMILES string of the molecule is CCOC(=O)c1csc(CN(C(=O)c2ccc(F)cc2)C(C)(C)C)n1. The van der Waals surface area contributed by atoms with Gasteiger partial charge in [-0.05, 0) is 52.0 Å². The highest BCUT2D eigenvalue weighted by Crippen LogP contribution is 2.23. The Bertz CT molecular complexity index is 750. The predicted octanol–water partition coefficient (Wildman–Crippen LogP) is 3.90. The maximum absolute atomic E-state index is 13.1. The molecule has 0 bridgehead atoms. The van der Waals surface area contributed by atoms with Gasteiger partial charge in [-0.3, -0.25) is 4.79 Å². The van der Waals surface area contributed by atoms with E-state index in [0.717, 1.165) is 0 Å². The second-order valence-electron chi connectivity index (χ2n) is 6.42. The Morgan fingerprint density at radius 1 is 1.24 bits per heavy atom. The van der Waals surface area contributed by atoms with Crippen LogP contribution in [0.5, 0.6) is 0 Å². The van der Waals surface area contributed by atoms with Gasteiger partial charge >= 0.3 is 5.97 Å². The summed E-state index contributed by atoms with van der Waals surface area (Å²) >= 11 is 1.30. The molecule has 7 heteroatoms. The van der Waals surface area contributed by atoms with E-state index in [1.54, 1.807) is 17.2 Å². The summed E-state index contributed by atoms with van der Waals surface area (Å²) in [5.74, 6) is -1.09. The third-order valence-corrected chi connectivity index (χ3v) is 4.31. The molecule has 1 heterocycles. The first-order valence-electron chi connectivity index (χ1n) is 7.91. The Morgan fingerprint density at radius 3 is 2.44 bits per heavy atom. The number of hydrogen-bond acceptors (Lipinski definition) is 5. The van der Waals surface area contributed by atoms with E-state index in [1.807, 2.05) is 20.8 Å². The van der Waals surface area contributed by atoms with Gasteiger partial charge in [-0.25, -0.2) is 14.2 Å². The van der Waals surface area contributed by atoms with Crippen LogP contribution < -0.4 is 0 Å². The smallest absolute Gasteiger partial charge is 0.357 e. The Morgan fingerprint density at radius 2 is 1.88 bits per heavy atom. The zero-order chi connectivity index (χ0) is 18.6. The molecule has 0 aliphatic carbocycles. The van der Waals surface area contributed by atoms with E-state index in [-0.39, 0.29) is 24.8 Å². The summed E-state index contributed by atoms with van der Waals surface area (Å²) < 4.78 is 18.0. The molecule has 0 atom stereocenters. The molecule has 0 spiro atoms. The number of aromatic nitrogens is 1. The zero-order valence-corrected chi connectivity index (χ0v) is 15.5. The molecule has 134 valence electrons. The van der Waals surface area contributed by atoms with Crippen LogP contribution in [0, 0.1) is 5.82 Å². The third kappa shape index (κ3) is 4.85. The number of halogens is 1. The number of thiazole rings is 1. The Labute approximate surface area is 150 Å². The minimum Gasteiger partial charge on any atom is -0.461 e. The van der Waals surface area contributed by atoms with E-state index in [1.165, 1.54) is 35.6 Å². The number of carbonyl (C=O) groups excluding carboxylic acids is 2. The van der Waals surface area contributed by atoms with Gasteiger partial charge in [0.2, 0.25) is 0 Å². The Balaban J connectivity index is 2.23. The molecule has 25 heavy (non-hydrogen) atoms. The van der Waals surface area contributed by atoms with E-state index in [4.69, 9.17) is 4.74 Å². The molecule has 0 saturated heterocycles. The number of nitrogens with zero attached hydrogens (tertiary/aromatic N) is 2. The maximum Gasteiger partial charge on any atom is 0.357 e. The summed E-state index contributed by atoms with van der Waals surface area (Å²) in [4.78, 5) is 30.5. The second-order valence-corrected chi connectivity index (χ2v) is 7.36. The van der Waals surface area contributed by atoms with Crippen molar-refractivity contribution in [2.24, 2.45) is 0 Å². The van der Waals surface area contributed by atoms with Crippen molar-refractivity contribution in [1.82, 2.24) is 9.88 Å². The van der Waals surface area contributed by atoms with Crippen molar-refractivity contribution in [2.75, 3.05) is 6.61 Å². The molecule has 0 saturated carbocycles. The molecule has 0 fully saturated rings. The van der Waals surface area contributed by atoms with Gasteiger partial charge in [0.1, 0.15) is 10.8 Å². The minimum absolute atomic E-state index is 0.222. The van der Waals surface area contributed by atoms with Crippen LogP contribution in [0.4, 0.5) is 4.39 Å². The first kappa shape index (κ1) is 19.1. The highest BCUT2D eigenvalue weighted by Gasteiger charge is 2.28. The first-order valence-corrected chi connectivity index (χ1v) is 8.79. The normalized spacial score (nSPS) is 11.2. The molecule has 0 radical (unpaired) electrons. The fourth-order valence-electron chi connectivity index (χ4n) is 2.18. The molecule has 0 aliphatic heterocycles. The van der Waals surface area contributed by atoms with Gasteiger partial charge in [-0.2, -0.15) is 0 Å². The lowest BCUT2D eigenvalue weighted by Crippen LogP contribution is -2.45. The van der Waals surface area contributed by atoms with Gasteiger partial charge in [-0.15, -0.1) is 11.3 Å². The van der Waals surface area contributed by atoms with Crippen LogP contribution in [-0.2, 0) is 11.3 Å². The molecule has 2 rings (SSSR count). The lowest BCUT2D eigenvalue weighted by atomic mass is 10.0. The third-order valence-electron chi connectivity index (χ3n) is 3.48. The highest BCUT2D eigenvalue weighted by molar-refractivity contribution is 7.09. The first-order chi connectivity index (χ1) is 11.7. The van der Waals surface area contributed by atoms with Crippen molar-refractivity contribution in [3.05, 3.63) is 51.7 Å². The van der Waals surface area contributed by atoms with Crippen molar-refractivity contribution in [3.63, 3.8) is 0 Å².